The van der Waals surface area contributed by atoms with Gasteiger partial charge in [0.1, 0.15) is 12.3 Å². The van der Waals surface area contributed by atoms with Gasteiger partial charge in [-0.3, -0.25) is 14.5 Å². The molecule has 1 aliphatic rings. The Hall–Kier alpha value is -3.55. The summed E-state index contributed by atoms with van der Waals surface area (Å²) in [4.78, 5) is 37.5. The average Bonchev–Trinajstić information content (AvgIpc) is 2.71. The van der Waals surface area contributed by atoms with E-state index in [9.17, 15) is 14.4 Å². The molecule has 0 bridgehead atoms. The van der Waals surface area contributed by atoms with E-state index in [1.807, 2.05) is 24.3 Å². The van der Waals surface area contributed by atoms with Gasteiger partial charge in [-0.2, -0.15) is 0 Å². The lowest BCUT2D eigenvalue weighted by Crippen LogP contribution is -2.47. The summed E-state index contributed by atoms with van der Waals surface area (Å²) in [6, 6.07) is 14.1. The number of anilines is 2. The van der Waals surface area contributed by atoms with Crippen molar-refractivity contribution in [3.8, 4) is 5.75 Å². The van der Waals surface area contributed by atoms with Crippen molar-refractivity contribution in [3.63, 3.8) is 0 Å². The molecular weight excluding hydrogens is 360 g/mol. The normalized spacial score (nSPS) is 12.6. The Labute approximate surface area is 162 Å². The zero-order valence-electron chi connectivity index (χ0n) is 15.5. The van der Waals surface area contributed by atoms with Gasteiger partial charge in [0.2, 0.25) is 11.8 Å². The third-order valence-electron chi connectivity index (χ3n) is 4.29. The van der Waals surface area contributed by atoms with Crippen molar-refractivity contribution in [3.05, 3.63) is 54.1 Å². The lowest BCUT2D eigenvalue weighted by atomic mass is 10.2. The third-order valence-corrected chi connectivity index (χ3v) is 4.29. The predicted octanol–water partition coefficient (Wildman–Crippen LogP) is 1.87. The molecule has 0 atom stereocenters. The first-order chi connectivity index (χ1) is 13.6. The SMILES string of the molecule is COc1ccc(CNC(=O)CCNC(=O)N2CC(=O)Nc3ccccc32)cc1. The Balaban J connectivity index is 1.45. The molecule has 1 heterocycles. The number of nitrogens with zero attached hydrogens (tertiary/aromatic N) is 1. The van der Waals surface area contributed by atoms with Crippen molar-refractivity contribution < 1.29 is 19.1 Å². The molecule has 1 aliphatic heterocycles. The van der Waals surface area contributed by atoms with Crippen molar-refractivity contribution in [2.45, 2.75) is 13.0 Å². The molecule has 0 spiro atoms. The maximum Gasteiger partial charge on any atom is 0.322 e. The number of para-hydroxylation sites is 2. The number of methoxy groups -OCH3 is 1. The smallest absolute Gasteiger partial charge is 0.322 e. The number of carbonyl (C=O) groups is 3. The monoisotopic (exact) mass is 382 g/mol. The second-order valence-electron chi connectivity index (χ2n) is 6.26. The van der Waals surface area contributed by atoms with E-state index in [4.69, 9.17) is 4.74 Å². The maximum atomic E-state index is 12.4. The van der Waals surface area contributed by atoms with Gasteiger partial charge in [-0.05, 0) is 29.8 Å². The van der Waals surface area contributed by atoms with Crippen LogP contribution in [0.1, 0.15) is 12.0 Å². The number of ether oxygens (including phenoxy) is 1. The number of fused-ring (bicyclic) bond motifs is 1. The molecule has 146 valence electrons. The summed E-state index contributed by atoms with van der Waals surface area (Å²) in [7, 11) is 1.60. The van der Waals surface area contributed by atoms with E-state index < -0.39 is 6.03 Å². The van der Waals surface area contributed by atoms with Crippen LogP contribution in [0.2, 0.25) is 0 Å². The van der Waals surface area contributed by atoms with Crippen molar-refractivity contribution in [1.82, 2.24) is 10.6 Å². The molecule has 0 unspecified atom stereocenters. The van der Waals surface area contributed by atoms with Crippen LogP contribution < -0.4 is 25.6 Å². The Morgan fingerprint density at radius 1 is 1.11 bits per heavy atom. The minimum atomic E-state index is -0.412. The van der Waals surface area contributed by atoms with Crippen molar-refractivity contribution in [1.29, 1.82) is 0 Å². The molecule has 0 aromatic heterocycles. The molecule has 3 rings (SSSR count). The average molecular weight is 382 g/mol. The molecule has 2 aromatic rings. The van der Waals surface area contributed by atoms with Gasteiger partial charge in [-0.1, -0.05) is 24.3 Å². The van der Waals surface area contributed by atoms with Crippen molar-refractivity contribution in [2.75, 3.05) is 30.4 Å². The Morgan fingerprint density at radius 3 is 2.61 bits per heavy atom. The van der Waals surface area contributed by atoms with Gasteiger partial charge in [0, 0.05) is 19.5 Å². The Morgan fingerprint density at radius 2 is 1.86 bits per heavy atom. The number of amides is 4. The van der Waals surface area contributed by atoms with E-state index in [0.717, 1.165) is 11.3 Å². The van der Waals surface area contributed by atoms with Crippen molar-refractivity contribution in [2.24, 2.45) is 0 Å². The fourth-order valence-electron chi connectivity index (χ4n) is 2.83. The first kappa shape index (κ1) is 19.2. The fraction of sp³-hybridized carbons (Fsp3) is 0.250. The van der Waals surface area contributed by atoms with E-state index in [1.165, 1.54) is 4.90 Å². The van der Waals surface area contributed by atoms with Crippen molar-refractivity contribution >= 4 is 29.2 Å². The van der Waals surface area contributed by atoms with E-state index in [0.29, 0.717) is 17.9 Å². The van der Waals surface area contributed by atoms with Crippen LogP contribution in [0.15, 0.2) is 48.5 Å². The number of rotatable bonds is 6. The van der Waals surface area contributed by atoms with Crippen LogP contribution in [0, 0.1) is 0 Å². The fourth-order valence-corrected chi connectivity index (χ4v) is 2.83. The summed E-state index contributed by atoms with van der Waals surface area (Å²) in [6.07, 6.45) is 0.142. The van der Waals surface area contributed by atoms with Gasteiger partial charge in [0.25, 0.3) is 0 Å². The van der Waals surface area contributed by atoms with Crippen LogP contribution in [-0.4, -0.2) is 38.0 Å². The summed E-state index contributed by atoms with van der Waals surface area (Å²) in [5.41, 5.74) is 2.17. The molecule has 28 heavy (non-hydrogen) atoms. The summed E-state index contributed by atoms with van der Waals surface area (Å²) in [5.74, 6) is 0.324. The van der Waals surface area contributed by atoms with Crippen LogP contribution in [0.4, 0.5) is 16.2 Å². The second-order valence-corrected chi connectivity index (χ2v) is 6.26. The van der Waals surface area contributed by atoms with Gasteiger partial charge in [0.15, 0.2) is 0 Å². The quantitative estimate of drug-likeness (QED) is 0.710. The highest BCUT2D eigenvalue weighted by Gasteiger charge is 2.26. The maximum absolute atomic E-state index is 12.4. The first-order valence-electron chi connectivity index (χ1n) is 8.90. The zero-order valence-corrected chi connectivity index (χ0v) is 15.5. The van der Waals surface area contributed by atoms with Crippen LogP contribution in [-0.2, 0) is 16.1 Å². The molecule has 4 amide bonds. The highest BCUT2D eigenvalue weighted by atomic mass is 16.5. The lowest BCUT2D eigenvalue weighted by Gasteiger charge is -2.29. The largest absolute Gasteiger partial charge is 0.497 e. The first-order valence-corrected chi connectivity index (χ1v) is 8.90. The molecule has 0 fully saturated rings. The van der Waals surface area contributed by atoms with Crippen LogP contribution in [0.25, 0.3) is 0 Å². The van der Waals surface area contributed by atoms with Gasteiger partial charge in [-0.15, -0.1) is 0 Å². The second kappa shape index (κ2) is 8.90. The molecule has 3 N–H and O–H groups in total. The van der Waals surface area contributed by atoms with Crippen LogP contribution in [0.3, 0.4) is 0 Å². The Bertz CT molecular complexity index is 867. The van der Waals surface area contributed by atoms with E-state index >= 15 is 0 Å². The predicted molar refractivity (Wildman–Crippen MR) is 105 cm³/mol. The number of nitrogens with one attached hydrogen (secondary N) is 3. The number of urea groups is 1. The summed E-state index contributed by atoms with van der Waals surface area (Å²) >= 11 is 0. The molecule has 0 saturated heterocycles. The van der Waals surface area contributed by atoms with Gasteiger partial charge >= 0.3 is 6.03 Å². The summed E-state index contributed by atoms with van der Waals surface area (Å²) in [5, 5.41) is 8.22. The van der Waals surface area contributed by atoms with Gasteiger partial charge in [-0.25, -0.2) is 4.79 Å². The van der Waals surface area contributed by atoms with Gasteiger partial charge in [0.05, 0.1) is 18.5 Å². The molecule has 2 aromatic carbocycles. The highest BCUT2D eigenvalue weighted by molar-refractivity contribution is 6.09. The van der Waals surface area contributed by atoms with E-state index in [-0.39, 0.29) is 31.3 Å². The molecular formula is C20H22N4O4. The van der Waals surface area contributed by atoms with Gasteiger partial charge < -0.3 is 20.7 Å². The molecule has 8 heteroatoms. The molecule has 0 saturated carbocycles. The molecule has 0 aliphatic carbocycles. The topological polar surface area (TPSA) is 99.8 Å². The number of hydrogen-bond acceptors (Lipinski definition) is 4. The van der Waals surface area contributed by atoms with Crippen LogP contribution >= 0.6 is 0 Å². The molecule has 8 nitrogen and oxygen atoms in total. The number of carbonyl (C=O) groups excluding carboxylic acids is 3. The Kier molecular flexibility index (Phi) is 6.11. The third kappa shape index (κ3) is 4.79. The van der Waals surface area contributed by atoms with Crippen LogP contribution in [0.5, 0.6) is 5.75 Å². The summed E-state index contributed by atoms with van der Waals surface area (Å²) in [6.45, 7) is 0.510. The van der Waals surface area contributed by atoms with E-state index in [1.54, 1.807) is 31.4 Å². The number of benzene rings is 2. The number of hydrogen-bond donors (Lipinski definition) is 3. The lowest BCUT2D eigenvalue weighted by molar-refractivity contribution is -0.121. The zero-order chi connectivity index (χ0) is 19.9. The summed E-state index contributed by atoms with van der Waals surface area (Å²) < 4.78 is 5.09. The standard InChI is InChI=1S/C20H22N4O4/c1-28-15-8-6-14(7-9-15)12-22-18(25)10-11-21-20(27)24-13-19(26)23-16-4-2-3-5-17(16)24/h2-9H,10-13H2,1H3,(H,21,27)(H,22,25)(H,23,26). The molecule has 0 radical (unpaired) electrons. The highest BCUT2D eigenvalue weighted by Crippen LogP contribution is 2.28. The minimum absolute atomic E-state index is 0.0630. The van der Waals surface area contributed by atoms with E-state index in [2.05, 4.69) is 16.0 Å². The minimum Gasteiger partial charge on any atom is -0.497 e.